The van der Waals surface area contributed by atoms with E-state index < -0.39 is 76.3 Å². The average Bonchev–Trinajstić information content (AvgIpc) is 3.52. The predicted octanol–water partition coefficient (Wildman–Crippen LogP) is 6.11. The molecule has 10 atom stereocenters. The van der Waals surface area contributed by atoms with Gasteiger partial charge in [-0.25, -0.2) is 8.78 Å². The van der Waals surface area contributed by atoms with Crippen LogP contribution < -0.4 is 5.73 Å². The molecule has 4 N–H and O–H groups in total. The van der Waals surface area contributed by atoms with E-state index in [2.05, 4.69) is 0 Å². The Morgan fingerprint density at radius 3 is 2.48 bits per heavy atom. The van der Waals surface area contributed by atoms with Crippen LogP contribution in [0.15, 0.2) is 76.1 Å². The topological polar surface area (TPSA) is 119 Å². The first-order chi connectivity index (χ1) is 21.6. The summed E-state index contributed by atoms with van der Waals surface area (Å²) in [5.41, 5.74) is -1.26. The molecule has 3 saturated carbocycles. The highest BCUT2D eigenvalue weighted by molar-refractivity contribution is 7.99. The molecule has 1 aliphatic heterocycles. The molecule has 11 heteroatoms. The maximum absolute atomic E-state index is 17.9. The molecule has 5 aliphatic rings. The van der Waals surface area contributed by atoms with Crippen molar-refractivity contribution >= 4 is 40.6 Å². The van der Waals surface area contributed by atoms with Crippen LogP contribution in [0.5, 0.6) is 0 Å². The van der Waals surface area contributed by atoms with Crippen LogP contribution in [-0.4, -0.2) is 58.0 Å². The Labute approximate surface area is 275 Å². The summed E-state index contributed by atoms with van der Waals surface area (Å²) in [6, 6.07) is 12.8. The fraction of sp³-hybridized carbons (Fsp3) is 0.486. The lowest BCUT2D eigenvalue weighted by Gasteiger charge is -2.68. The van der Waals surface area contributed by atoms with E-state index in [1.165, 1.54) is 30.8 Å². The molecule has 1 heterocycles. The van der Waals surface area contributed by atoms with E-state index in [0.717, 1.165) is 15.9 Å². The van der Waals surface area contributed by atoms with Gasteiger partial charge in [0.15, 0.2) is 29.1 Å². The second-order valence-corrected chi connectivity index (χ2v) is 15.6. The number of hydrogen-bond acceptors (Lipinski definition) is 8. The minimum atomic E-state index is -2.36. The van der Waals surface area contributed by atoms with Crippen LogP contribution in [0.3, 0.4) is 0 Å². The lowest BCUT2D eigenvalue weighted by Crippen LogP contribution is -2.74. The first-order valence-electron chi connectivity index (χ1n) is 15.4. The third kappa shape index (κ3) is 3.97. The van der Waals surface area contributed by atoms with Crippen molar-refractivity contribution in [1.82, 2.24) is 0 Å². The van der Waals surface area contributed by atoms with E-state index in [9.17, 15) is 19.8 Å². The van der Waals surface area contributed by atoms with E-state index in [-0.39, 0.29) is 24.8 Å². The number of allylic oxidation sites excluding steroid dienone is 4. The summed E-state index contributed by atoms with van der Waals surface area (Å²) in [4.78, 5) is 27.8. The van der Waals surface area contributed by atoms with Crippen LogP contribution in [0.2, 0.25) is 5.02 Å². The van der Waals surface area contributed by atoms with Crippen LogP contribution in [0, 0.1) is 22.2 Å². The molecule has 1 saturated heterocycles. The fourth-order valence-electron chi connectivity index (χ4n) is 9.81. The van der Waals surface area contributed by atoms with Crippen molar-refractivity contribution in [2.45, 2.75) is 85.8 Å². The number of anilines is 1. The standard InChI is InChI=1S/C35H36ClF2NO6S/c1-31-11-10-19(41)12-22(31)24(37)15-33(3)26-14-29-34(28(43)17-40,32(26,2)16-27(42)35(31,33)38)45-30(44-29)18-4-6-20(7-5-18)46-21-8-9-23(36)25(39)13-21/h4-13,24,26-27,29-30,40,42H,14-17,39H2,1-3H3/t24-,26+,27-,29+,30+,31-,32-,33-,34?,35-/m0/s1. The van der Waals surface area contributed by atoms with Gasteiger partial charge in [0, 0.05) is 31.6 Å². The van der Waals surface area contributed by atoms with E-state index in [1.54, 1.807) is 26.0 Å². The van der Waals surface area contributed by atoms with Crippen LogP contribution in [0.25, 0.3) is 0 Å². The molecule has 4 aliphatic carbocycles. The van der Waals surface area contributed by atoms with Crippen molar-refractivity contribution in [1.29, 1.82) is 0 Å². The number of rotatable bonds is 5. The Bertz CT molecular complexity index is 1700. The quantitative estimate of drug-likeness (QED) is 0.326. The van der Waals surface area contributed by atoms with E-state index >= 15 is 8.78 Å². The third-order valence-corrected chi connectivity index (χ3v) is 13.2. The number of benzene rings is 2. The van der Waals surface area contributed by atoms with Gasteiger partial charge in [-0.15, -0.1) is 0 Å². The number of nitrogens with two attached hydrogens (primary N) is 1. The lowest BCUT2D eigenvalue weighted by molar-refractivity contribution is -0.269. The van der Waals surface area contributed by atoms with Crippen molar-refractivity contribution in [3.8, 4) is 0 Å². The first kappa shape index (κ1) is 32.0. The van der Waals surface area contributed by atoms with Gasteiger partial charge in [-0.2, -0.15) is 0 Å². The smallest absolute Gasteiger partial charge is 0.193 e. The highest BCUT2D eigenvalue weighted by Crippen LogP contribution is 2.76. The molecular weight excluding hydrogens is 636 g/mol. The van der Waals surface area contributed by atoms with Gasteiger partial charge in [0.2, 0.25) is 0 Å². The molecular formula is C35H36ClF2NO6S. The number of carbonyl (C=O) groups excluding carboxylic acids is 2. The summed E-state index contributed by atoms with van der Waals surface area (Å²) in [5.74, 6) is -1.71. The van der Waals surface area contributed by atoms with Crippen molar-refractivity contribution in [2.24, 2.45) is 22.2 Å². The van der Waals surface area contributed by atoms with Crippen molar-refractivity contribution in [2.75, 3.05) is 12.3 Å². The maximum Gasteiger partial charge on any atom is 0.193 e. The molecule has 0 radical (unpaired) electrons. The molecule has 2 aromatic carbocycles. The molecule has 4 fully saturated rings. The molecule has 46 heavy (non-hydrogen) atoms. The zero-order valence-corrected chi connectivity index (χ0v) is 27.2. The van der Waals surface area contributed by atoms with Crippen molar-refractivity contribution < 1.29 is 38.1 Å². The number of carbonyl (C=O) groups is 2. The summed E-state index contributed by atoms with van der Waals surface area (Å²) < 4.78 is 47.0. The summed E-state index contributed by atoms with van der Waals surface area (Å²) in [6.45, 7) is 4.10. The van der Waals surface area contributed by atoms with Gasteiger partial charge in [-0.05, 0) is 80.2 Å². The minimum absolute atomic E-state index is 0.0238. The number of fused-ring (bicyclic) bond motifs is 7. The first-order valence-corrected chi connectivity index (χ1v) is 16.6. The van der Waals surface area contributed by atoms with Gasteiger partial charge < -0.3 is 25.4 Å². The number of Topliss-reactive ketones (excluding diaryl/α,β-unsaturated/α-hetero) is 1. The van der Waals surface area contributed by atoms with Gasteiger partial charge in [-0.1, -0.05) is 55.4 Å². The molecule has 7 rings (SSSR count). The Morgan fingerprint density at radius 1 is 1.11 bits per heavy atom. The van der Waals surface area contributed by atoms with Crippen molar-refractivity contribution in [3.63, 3.8) is 0 Å². The Balaban J connectivity index is 1.23. The van der Waals surface area contributed by atoms with Gasteiger partial charge in [0.25, 0.3) is 0 Å². The molecule has 1 unspecified atom stereocenters. The fourth-order valence-corrected chi connectivity index (χ4v) is 10.8. The van der Waals surface area contributed by atoms with Crippen LogP contribution >= 0.6 is 23.4 Å². The van der Waals surface area contributed by atoms with Crippen molar-refractivity contribution in [3.05, 3.63) is 76.9 Å². The van der Waals surface area contributed by atoms with Gasteiger partial charge in [-0.3, -0.25) is 9.59 Å². The lowest BCUT2D eigenvalue weighted by atomic mass is 9.38. The average molecular weight is 672 g/mol. The second-order valence-electron chi connectivity index (χ2n) is 14.0. The summed E-state index contributed by atoms with van der Waals surface area (Å²) >= 11 is 7.54. The van der Waals surface area contributed by atoms with Gasteiger partial charge in [0.05, 0.1) is 22.9 Å². The molecule has 244 valence electrons. The minimum Gasteiger partial charge on any atom is -0.397 e. The zero-order chi connectivity index (χ0) is 33.0. The third-order valence-electron chi connectivity index (χ3n) is 11.9. The Kier molecular flexibility index (Phi) is 7.26. The number of nitrogen functional groups attached to an aromatic ring is 1. The number of ketones is 2. The number of aliphatic hydroxyl groups excluding tert-OH is 2. The number of halogens is 3. The van der Waals surface area contributed by atoms with Crippen LogP contribution in [0.1, 0.15) is 51.9 Å². The summed E-state index contributed by atoms with van der Waals surface area (Å²) in [7, 11) is 0. The number of hydrogen-bond donors (Lipinski definition) is 3. The second kappa shape index (κ2) is 10.4. The van der Waals surface area contributed by atoms with E-state index in [0.29, 0.717) is 16.3 Å². The molecule has 0 amide bonds. The molecule has 2 aromatic rings. The van der Waals surface area contributed by atoms with Gasteiger partial charge in [0.1, 0.15) is 12.8 Å². The Hall–Kier alpha value is -2.60. The molecule has 0 aromatic heterocycles. The van der Waals surface area contributed by atoms with Gasteiger partial charge >= 0.3 is 0 Å². The molecule has 0 bridgehead atoms. The number of alkyl halides is 2. The highest BCUT2D eigenvalue weighted by atomic mass is 35.5. The zero-order valence-electron chi connectivity index (χ0n) is 25.6. The van der Waals surface area contributed by atoms with E-state index in [1.807, 2.05) is 30.3 Å². The summed E-state index contributed by atoms with van der Waals surface area (Å²) in [5, 5.41) is 22.5. The SMILES string of the molecule is C[C@]12C[C@H](O)[C@]3(F)[C@@]4(C)C=CC(=O)C=C4[C@@H](F)C[C@@]3(C)[C@@H]1C[C@H]1O[C@@H](c3ccc(Sc4ccc(Cl)c(N)c4)cc3)OC12C(=O)CO. The van der Waals surface area contributed by atoms with Crippen LogP contribution in [0.4, 0.5) is 14.5 Å². The highest BCUT2D eigenvalue weighted by Gasteiger charge is 2.83. The molecule has 0 spiro atoms. The monoisotopic (exact) mass is 671 g/mol. The maximum atomic E-state index is 17.9. The normalized spacial score (nSPS) is 42.6. The Morgan fingerprint density at radius 2 is 1.80 bits per heavy atom. The van der Waals surface area contributed by atoms with E-state index in [4.69, 9.17) is 26.8 Å². The number of aliphatic hydroxyl groups is 2. The summed E-state index contributed by atoms with van der Waals surface area (Å²) in [6.07, 6.45) is -1.68. The largest absolute Gasteiger partial charge is 0.397 e. The predicted molar refractivity (Wildman–Crippen MR) is 169 cm³/mol. The molecule has 7 nitrogen and oxygen atoms in total. The number of ether oxygens (including phenoxy) is 2. The van der Waals surface area contributed by atoms with Crippen LogP contribution in [-0.2, 0) is 19.1 Å².